The molecule has 0 spiro atoms. The van der Waals surface area contributed by atoms with Crippen molar-refractivity contribution in [1.82, 2.24) is 15.4 Å². The summed E-state index contributed by atoms with van der Waals surface area (Å²) >= 11 is 0. The van der Waals surface area contributed by atoms with Crippen molar-refractivity contribution in [3.8, 4) is 22.8 Å². The largest absolute Gasteiger partial charge is 0.496 e. The minimum absolute atomic E-state index is 0.00535. The molecule has 0 fully saturated rings. The molecule has 1 aromatic heterocycles. The summed E-state index contributed by atoms with van der Waals surface area (Å²) in [4.78, 5) is 21.7. The van der Waals surface area contributed by atoms with Gasteiger partial charge in [-0.2, -0.15) is 15.4 Å². The van der Waals surface area contributed by atoms with Gasteiger partial charge in [0.05, 0.1) is 30.8 Å². The lowest BCUT2D eigenvalue weighted by Gasteiger charge is -2.09. The summed E-state index contributed by atoms with van der Waals surface area (Å²) in [6, 6.07) is 2.51. The van der Waals surface area contributed by atoms with Gasteiger partial charge in [-0.3, -0.25) is 14.9 Å². The van der Waals surface area contributed by atoms with Crippen LogP contribution >= 0.6 is 0 Å². The highest BCUT2D eigenvalue weighted by Crippen LogP contribution is 2.39. The molecule has 10 nitrogen and oxygen atoms in total. The van der Waals surface area contributed by atoms with Crippen LogP contribution in [0.25, 0.3) is 11.3 Å². The molecule has 0 saturated carbocycles. The van der Waals surface area contributed by atoms with Crippen LogP contribution in [0.1, 0.15) is 10.5 Å². The Kier molecular flexibility index (Phi) is 3.69. The number of H-pyrrole nitrogens is 1. The molecule has 0 aliphatic carbocycles. The van der Waals surface area contributed by atoms with Gasteiger partial charge in [0.25, 0.3) is 5.91 Å². The van der Waals surface area contributed by atoms with Crippen LogP contribution in [0.15, 0.2) is 12.1 Å². The first-order chi connectivity index (χ1) is 9.99. The normalized spacial score (nSPS) is 10.2. The highest BCUT2D eigenvalue weighted by molar-refractivity contribution is 5.97. The third-order valence-electron chi connectivity index (χ3n) is 2.73. The van der Waals surface area contributed by atoms with Crippen molar-refractivity contribution in [3.63, 3.8) is 0 Å². The van der Waals surface area contributed by atoms with E-state index in [1.54, 1.807) is 0 Å². The van der Waals surface area contributed by atoms with E-state index in [-0.39, 0.29) is 28.6 Å². The number of nitrogens with two attached hydrogens (primary N) is 1. The Labute approximate surface area is 118 Å². The first-order valence-corrected chi connectivity index (χ1v) is 5.61. The molecule has 21 heavy (non-hydrogen) atoms. The number of nitro groups is 1. The molecule has 2 aromatic rings. The minimum atomic E-state index is -0.793. The summed E-state index contributed by atoms with van der Waals surface area (Å²) in [6.07, 6.45) is 0. The van der Waals surface area contributed by atoms with E-state index >= 15 is 0 Å². The molecule has 0 atom stereocenters. The molecule has 1 aromatic carbocycles. The smallest absolute Gasteiger partial charge is 0.314 e. The summed E-state index contributed by atoms with van der Waals surface area (Å²) in [5.41, 5.74) is 5.22. The van der Waals surface area contributed by atoms with Crippen molar-refractivity contribution in [1.29, 1.82) is 0 Å². The highest BCUT2D eigenvalue weighted by Gasteiger charge is 2.24. The van der Waals surface area contributed by atoms with Crippen LogP contribution in [0.3, 0.4) is 0 Å². The fraction of sp³-hybridized carbons (Fsp3) is 0.182. The van der Waals surface area contributed by atoms with Crippen LogP contribution in [-0.2, 0) is 0 Å². The van der Waals surface area contributed by atoms with E-state index < -0.39 is 10.8 Å². The van der Waals surface area contributed by atoms with E-state index in [9.17, 15) is 14.9 Å². The first-order valence-electron chi connectivity index (χ1n) is 5.61. The van der Waals surface area contributed by atoms with Gasteiger partial charge in [0.1, 0.15) is 11.4 Å². The molecule has 0 aliphatic heterocycles. The Bertz CT molecular complexity index is 711. The van der Waals surface area contributed by atoms with E-state index in [0.29, 0.717) is 5.56 Å². The number of hydrogen-bond acceptors (Lipinski definition) is 7. The van der Waals surface area contributed by atoms with Gasteiger partial charge in [0.2, 0.25) is 0 Å². The highest BCUT2D eigenvalue weighted by atomic mass is 16.6. The van der Waals surface area contributed by atoms with Crippen LogP contribution in [0.2, 0.25) is 0 Å². The number of nitrogens with zero attached hydrogens (tertiary/aromatic N) is 3. The Morgan fingerprint density at radius 1 is 1.29 bits per heavy atom. The quantitative estimate of drug-likeness (QED) is 0.602. The third kappa shape index (κ3) is 2.45. The second-order valence-corrected chi connectivity index (χ2v) is 3.87. The summed E-state index contributed by atoms with van der Waals surface area (Å²) in [6.45, 7) is 0. The summed E-state index contributed by atoms with van der Waals surface area (Å²) in [7, 11) is 2.62. The number of rotatable bonds is 5. The molecule has 0 radical (unpaired) electrons. The van der Waals surface area contributed by atoms with E-state index in [0.717, 1.165) is 0 Å². The van der Waals surface area contributed by atoms with Crippen LogP contribution in [0.4, 0.5) is 5.69 Å². The number of hydrogen-bond donors (Lipinski definition) is 2. The molecule has 1 amide bonds. The SMILES string of the molecule is COc1cc([N+](=O)[O-])c(OC)cc1-c1n[nH]nc1C(N)=O. The monoisotopic (exact) mass is 293 g/mol. The van der Waals surface area contributed by atoms with Gasteiger partial charge in [0, 0.05) is 6.07 Å². The summed E-state index contributed by atoms with van der Waals surface area (Å²) < 4.78 is 10.1. The van der Waals surface area contributed by atoms with Gasteiger partial charge in [-0.25, -0.2) is 0 Å². The average Bonchev–Trinajstić information content (AvgIpc) is 2.95. The second-order valence-electron chi connectivity index (χ2n) is 3.87. The Hall–Kier alpha value is -3.17. The van der Waals surface area contributed by atoms with Crippen molar-refractivity contribution >= 4 is 11.6 Å². The molecule has 0 aliphatic rings. The van der Waals surface area contributed by atoms with Crippen molar-refractivity contribution in [2.45, 2.75) is 0 Å². The summed E-state index contributed by atoms with van der Waals surface area (Å²) in [5.74, 6) is -0.661. The van der Waals surface area contributed by atoms with Crippen LogP contribution < -0.4 is 15.2 Å². The van der Waals surface area contributed by atoms with Gasteiger partial charge in [-0.15, -0.1) is 0 Å². The Morgan fingerprint density at radius 2 is 1.95 bits per heavy atom. The number of methoxy groups -OCH3 is 2. The summed E-state index contributed by atoms with van der Waals surface area (Å²) in [5, 5.41) is 20.7. The van der Waals surface area contributed by atoms with Crippen molar-refractivity contribution < 1.29 is 19.2 Å². The van der Waals surface area contributed by atoms with Crippen LogP contribution in [0, 0.1) is 10.1 Å². The van der Waals surface area contributed by atoms with Gasteiger partial charge in [-0.05, 0) is 0 Å². The van der Waals surface area contributed by atoms with Crippen molar-refractivity contribution in [2.75, 3.05) is 14.2 Å². The standard InChI is InChI=1S/C11H11N5O5/c1-20-7-4-6(16(18)19)8(21-2)3-5(7)9-10(11(12)17)14-15-13-9/h3-4H,1-2H3,(H2,12,17)(H,13,14,15). The fourth-order valence-electron chi connectivity index (χ4n) is 1.80. The average molecular weight is 293 g/mol. The number of ether oxygens (including phenoxy) is 2. The van der Waals surface area contributed by atoms with E-state index in [4.69, 9.17) is 15.2 Å². The lowest BCUT2D eigenvalue weighted by molar-refractivity contribution is -0.385. The minimum Gasteiger partial charge on any atom is -0.496 e. The Balaban J connectivity index is 2.71. The number of carbonyl (C=O) groups excluding carboxylic acids is 1. The number of carbonyl (C=O) groups is 1. The number of aromatic nitrogens is 3. The Morgan fingerprint density at radius 3 is 2.48 bits per heavy atom. The maximum Gasteiger partial charge on any atom is 0.314 e. The number of benzene rings is 1. The van der Waals surface area contributed by atoms with Gasteiger partial charge in [-0.1, -0.05) is 0 Å². The first kappa shape index (κ1) is 14.2. The molecule has 110 valence electrons. The van der Waals surface area contributed by atoms with E-state index in [2.05, 4.69) is 15.4 Å². The zero-order valence-electron chi connectivity index (χ0n) is 11.1. The second kappa shape index (κ2) is 5.45. The fourth-order valence-corrected chi connectivity index (χ4v) is 1.80. The molecular formula is C11H11N5O5. The topological polar surface area (TPSA) is 146 Å². The third-order valence-corrected chi connectivity index (χ3v) is 2.73. The lowest BCUT2D eigenvalue weighted by atomic mass is 10.1. The predicted molar refractivity (Wildman–Crippen MR) is 70.1 cm³/mol. The molecule has 1 heterocycles. The molecule has 0 saturated heterocycles. The molecule has 0 bridgehead atoms. The predicted octanol–water partition coefficient (Wildman–Crippen LogP) is 0.496. The van der Waals surface area contributed by atoms with Gasteiger partial charge < -0.3 is 15.2 Å². The molecule has 0 unspecified atom stereocenters. The van der Waals surface area contributed by atoms with Crippen molar-refractivity contribution in [2.24, 2.45) is 5.73 Å². The van der Waals surface area contributed by atoms with Crippen LogP contribution in [0.5, 0.6) is 11.5 Å². The molecule has 3 N–H and O–H groups in total. The van der Waals surface area contributed by atoms with E-state index in [1.807, 2.05) is 0 Å². The maximum absolute atomic E-state index is 11.3. The zero-order chi connectivity index (χ0) is 15.6. The number of nitrogens with one attached hydrogen (secondary N) is 1. The number of primary amides is 1. The zero-order valence-corrected chi connectivity index (χ0v) is 11.1. The molecular weight excluding hydrogens is 282 g/mol. The molecule has 2 rings (SSSR count). The van der Waals surface area contributed by atoms with Crippen molar-refractivity contribution in [3.05, 3.63) is 27.9 Å². The number of aromatic amines is 1. The number of nitro benzene ring substituents is 1. The van der Waals surface area contributed by atoms with Gasteiger partial charge >= 0.3 is 5.69 Å². The maximum atomic E-state index is 11.3. The van der Waals surface area contributed by atoms with E-state index in [1.165, 1.54) is 26.4 Å². The van der Waals surface area contributed by atoms with Crippen LogP contribution in [-0.4, -0.2) is 40.5 Å². The lowest BCUT2D eigenvalue weighted by Crippen LogP contribution is -2.13. The molecule has 10 heteroatoms. The van der Waals surface area contributed by atoms with Gasteiger partial charge in [0.15, 0.2) is 11.4 Å². The number of amides is 1.